The Hall–Kier alpha value is -2.09. The number of hydrogen-bond donors (Lipinski definition) is 0. The van der Waals surface area contributed by atoms with Crippen molar-refractivity contribution in [1.29, 1.82) is 0 Å². The number of aromatic nitrogens is 2. The lowest BCUT2D eigenvalue weighted by Crippen LogP contribution is -2.42. The van der Waals surface area contributed by atoms with E-state index in [4.69, 9.17) is 15.0 Å². The second-order valence-corrected chi connectivity index (χ2v) is 6.17. The summed E-state index contributed by atoms with van der Waals surface area (Å²) in [5.41, 5.74) is 8.56. The summed E-state index contributed by atoms with van der Waals surface area (Å²) in [5.74, 6) is 0. The molecule has 2 rings (SSSR count). The van der Waals surface area contributed by atoms with Crippen molar-refractivity contribution in [2.24, 2.45) is 5.11 Å². The van der Waals surface area contributed by atoms with Crippen LogP contribution in [0.2, 0.25) is 0 Å². The van der Waals surface area contributed by atoms with Gasteiger partial charge >= 0.3 is 5.69 Å². The fourth-order valence-electron chi connectivity index (χ4n) is 2.95. The molecule has 0 aromatic carbocycles. The minimum absolute atomic E-state index is 0.282. The third-order valence-electron chi connectivity index (χ3n) is 4.16. The van der Waals surface area contributed by atoms with E-state index >= 15 is 0 Å². The molecule has 0 bridgehead atoms. The van der Waals surface area contributed by atoms with E-state index in [2.05, 4.69) is 10.0 Å². The number of nitrogens with zero attached hydrogens (tertiary/aromatic N) is 5. The monoisotopic (exact) mass is 351 g/mol. The molecule has 1 aliphatic rings. The van der Waals surface area contributed by atoms with Crippen LogP contribution in [0.15, 0.2) is 20.9 Å². The van der Waals surface area contributed by atoms with E-state index in [0.717, 1.165) is 6.42 Å². The number of ether oxygens (including phenoxy) is 2. The summed E-state index contributed by atoms with van der Waals surface area (Å²) in [6.07, 6.45) is 2.45. The van der Waals surface area contributed by atoms with Gasteiger partial charge in [0.25, 0.3) is 5.56 Å². The first-order valence-corrected chi connectivity index (χ1v) is 8.63. The van der Waals surface area contributed by atoms with Crippen molar-refractivity contribution in [3.8, 4) is 0 Å². The SMILES string of the molecule is CCCOC[C@H]1O[C@@H](n2cc(C)c(=O)n(CCC)c2=O)CC1N=[N+]=[N-]. The molecule has 3 atom stereocenters. The lowest BCUT2D eigenvalue weighted by atomic mass is 10.1. The van der Waals surface area contributed by atoms with E-state index < -0.39 is 24.1 Å². The largest absolute Gasteiger partial charge is 0.379 e. The first kappa shape index (κ1) is 19.2. The maximum absolute atomic E-state index is 12.7. The molecule has 0 spiro atoms. The van der Waals surface area contributed by atoms with Gasteiger partial charge in [0.1, 0.15) is 6.23 Å². The van der Waals surface area contributed by atoms with Crippen LogP contribution >= 0.6 is 0 Å². The molecule has 1 fully saturated rings. The molecule has 0 amide bonds. The first-order valence-electron chi connectivity index (χ1n) is 8.63. The fraction of sp³-hybridized carbons (Fsp3) is 0.750. The van der Waals surface area contributed by atoms with Crippen molar-refractivity contribution < 1.29 is 9.47 Å². The normalized spacial score (nSPS) is 22.8. The van der Waals surface area contributed by atoms with Gasteiger partial charge < -0.3 is 9.47 Å². The van der Waals surface area contributed by atoms with E-state index in [0.29, 0.717) is 38.2 Å². The van der Waals surface area contributed by atoms with Gasteiger partial charge in [0, 0.05) is 36.2 Å². The van der Waals surface area contributed by atoms with Crippen LogP contribution in [0.4, 0.5) is 0 Å². The van der Waals surface area contributed by atoms with Crippen LogP contribution in [0.25, 0.3) is 10.4 Å². The molecule has 1 unspecified atom stereocenters. The Morgan fingerprint density at radius 3 is 2.80 bits per heavy atom. The van der Waals surface area contributed by atoms with Gasteiger partial charge in [-0.1, -0.05) is 19.0 Å². The number of aryl methyl sites for hydroxylation is 1. The highest BCUT2D eigenvalue weighted by Gasteiger charge is 2.36. The molecule has 138 valence electrons. The Bertz CT molecular complexity index is 750. The third-order valence-corrected chi connectivity index (χ3v) is 4.16. The van der Waals surface area contributed by atoms with Gasteiger partial charge in [-0.15, -0.1) is 0 Å². The number of hydrogen-bond acceptors (Lipinski definition) is 5. The van der Waals surface area contributed by atoms with Crippen molar-refractivity contribution in [2.45, 2.75) is 65.0 Å². The Morgan fingerprint density at radius 2 is 2.16 bits per heavy atom. The summed E-state index contributed by atoms with van der Waals surface area (Å²) in [6, 6.07) is -0.411. The van der Waals surface area contributed by atoms with Gasteiger partial charge in [-0.05, 0) is 25.3 Å². The van der Waals surface area contributed by atoms with Crippen molar-refractivity contribution >= 4 is 0 Å². The van der Waals surface area contributed by atoms with E-state index in [1.54, 1.807) is 6.92 Å². The van der Waals surface area contributed by atoms with Crippen molar-refractivity contribution in [1.82, 2.24) is 9.13 Å². The predicted octanol–water partition coefficient (Wildman–Crippen LogP) is 2.12. The van der Waals surface area contributed by atoms with Crippen LogP contribution in [0.1, 0.15) is 44.9 Å². The third kappa shape index (κ3) is 4.31. The van der Waals surface area contributed by atoms with E-state index in [-0.39, 0.29) is 5.56 Å². The topological polar surface area (TPSA) is 111 Å². The summed E-state index contributed by atoms with van der Waals surface area (Å²) in [7, 11) is 0. The molecular formula is C16H25N5O4. The maximum atomic E-state index is 12.7. The molecule has 25 heavy (non-hydrogen) atoms. The molecule has 0 aliphatic carbocycles. The second kappa shape index (κ2) is 8.84. The Kier molecular flexibility index (Phi) is 6.81. The van der Waals surface area contributed by atoms with E-state index in [1.165, 1.54) is 15.3 Å². The van der Waals surface area contributed by atoms with Gasteiger partial charge in [0.15, 0.2) is 0 Å². The smallest absolute Gasteiger partial charge is 0.333 e. The molecule has 1 saturated heterocycles. The second-order valence-electron chi connectivity index (χ2n) is 6.17. The summed E-state index contributed by atoms with van der Waals surface area (Å²) >= 11 is 0. The maximum Gasteiger partial charge on any atom is 0.333 e. The average molecular weight is 351 g/mol. The number of rotatable bonds is 8. The first-order chi connectivity index (χ1) is 12.0. The summed E-state index contributed by atoms with van der Waals surface area (Å²) in [4.78, 5) is 27.7. The molecule has 2 heterocycles. The zero-order chi connectivity index (χ0) is 18.4. The molecule has 9 heteroatoms. The molecule has 1 aliphatic heterocycles. The fourth-order valence-corrected chi connectivity index (χ4v) is 2.95. The predicted molar refractivity (Wildman–Crippen MR) is 92.6 cm³/mol. The minimum Gasteiger partial charge on any atom is -0.379 e. The zero-order valence-corrected chi connectivity index (χ0v) is 14.9. The highest BCUT2D eigenvalue weighted by Crippen LogP contribution is 2.30. The van der Waals surface area contributed by atoms with Crippen molar-refractivity contribution in [3.05, 3.63) is 43.0 Å². The lowest BCUT2D eigenvalue weighted by Gasteiger charge is -2.18. The standard InChI is InChI=1S/C16H25N5O4/c1-4-6-20-15(22)11(3)9-21(16(20)23)14-8-12(18-19-17)13(25-14)10-24-7-5-2/h9,12-14H,4-8,10H2,1-3H3/t12?,13-,14-/m1/s1. The van der Waals surface area contributed by atoms with Gasteiger partial charge in [-0.25, -0.2) is 4.79 Å². The molecular weight excluding hydrogens is 326 g/mol. The summed E-state index contributed by atoms with van der Waals surface area (Å²) in [5, 5.41) is 3.78. The van der Waals surface area contributed by atoms with Crippen molar-refractivity contribution in [2.75, 3.05) is 13.2 Å². The van der Waals surface area contributed by atoms with Crippen LogP contribution in [0.3, 0.4) is 0 Å². The van der Waals surface area contributed by atoms with E-state index in [9.17, 15) is 9.59 Å². The summed E-state index contributed by atoms with van der Waals surface area (Å²) in [6.45, 7) is 6.83. The van der Waals surface area contributed by atoms with Crippen LogP contribution in [-0.4, -0.2) is 34.5 Å². The van der Waals surface area contributed by atoms with Gasteiger partial charge in [-0.2, -0.15) is 0 Å². The Morgan fingerprint density at radius 1 is 1.40 bits per heavy atom. The van der Waals surface area contributed by atoms with E-state index in [1.807, 2.05) is 13.8 Å². The quantitative estimate of drug-likeness (QED) is 0.309. The van der Waals surface area contributed by atoms with Crippen LogP contribution in [0.5, 0.6) is 0 Å². The van der Waals surface area contributed by atoms with Crippen molar-refractivity contribution in [3.63, 3.8) is 0 Å². The molecule has 1 aromatic rings. The molecule has 9 nitrogen and oxygen atoms in total. The van der Waals surface area contributed by atoms with Gasteiger partial charge in [0.2, 0.25) is 0 Å². The molecule has 0 N–H and O–H groups in total. The zero-order valence-electron chi connectivity index (χ0n) is 14.9. The van der Waals surface area contributed by atoms with Crippen LogP contribution < -0.4 is 11.2 Å². The van der Waals surface area contributed by atoms with Gasteiger partial charge in [0.05, 0.1) is 18.8 Å². The Balaban J connectivity index is 2.31. The lowest BCUT2D eigenvalue weighted by molar-refractivity contribution is -0.0457. The van der Waals surface area contributed by atoms with Crippen LogP contribution in [-0.2, 0) is 16.0 Å². The molecule has 0 saturated carbocycles. The Labute approximate surface area is 145 Å². The number of azide groups is 1. The molecule has 1 aromatic heterocycles. The van der Waals surface area contributed by atoms with Crippen LogP contribution in [0, 0.1) is 6.92 Å². The minimum atomic E-state index is -0.583. The molecule has 0 radical (unpaired) electrons. The highest BCUT2D eigenvalue weighted by atomic mass is 16.6. The summed E-state index contributed by atoms with van der Waals surface area (Å²) < 4.78 is 14.1. The van der Waals surface area contributed by atoms with Gasteiger partial charge in [-0.3, -0.25) is 13.9 Å². The average Bonchev–Trinajstić information content (AvgIpc) is 2.98. The highest BCUT2D eigenvalue weighted by molar-refractivity contribution is 5.04.